The Hall–Kier alpha value is -2.24. The van der Waals surface area contributed by atoms with Gasteiger partial charge in [-0.1, -0.05) is 30.1 Å². The van der Waals surface area contributed by atoms with Gasteiger partial charge in [0.2, 0.25) is 5.91 Å². The lowest BCUT2D eigenvalue weighted by molar-refractivity contribution is -0.115. The largest absolute Gasteiger partial charge is 0.494 e. The summed E-state index contributed by atoms with van der Waals surface area (Å²) < 4.78 is 5.05. The van der Waals surface area contributed by atoms with Crippen LogP contribution in [0.5, 0.6) is 5.75 Å². The van der Waals surface area contributed by atoms with Gasteiger partial charge in [0.1, 0.15) is 0 Å². The van der Waals surface area contributed by atoms with Gasteiger partial charge >= 0.3 is 0 Å². The lowest BCUT2D eigenvalue weighted by Gasteiger charge is -2.10. The average molecular weight is 367 g/mol. The van der Waals surface area contributed by atoms with Crippen molar-refractivity contribution in [1.29, 1.82) is 0 Å². The zero-order valence-electron chi connectivity index (χ0n) is 13.2. The summed E-state index contributed by atoms with van der Waals surface area (Å²) in [4.78, 5) is 23.6. The highest BCUT2D eigenvalue weighted by Gasteiger charge is 2.13. The molecule has 0 saturated heterocycles. The Balaban J connectivity index is 2.11. The van der Waals surface area contributed by atoms with Crippen LogP contribution < -0.4 is 15.4 Å². The molecule has 0 radical (unpaired) electrons. The fourth-order valence-corrected chi connectivity index (χ4v) is 2.62. The maximum Gasteiger partial charge on any atom is 0.255 e. The second kappa shape index (κ2) is 8.04. The number of carbonyl (C=O) groups excluding carboxylic acids is 2. The van der Waals surface area contributed by atoms with E-state index in [0.29, 0.717) is 29.1 Å². The predicted octanol–water partition coefficient (Wildman–Crippen LogP) is 4.60. The molecule has 24 heavy (non-hydrogen) atoms. The van der Waals surface area contributed by atoms with Gasteiger partial charge in [0.25, 0.3) is 5.91 Å². The van der Waals surface area contributed by atoms with Crippen LogP contribution in [0.15, 0.2) is 36.4 Å². The van der Waals surface area contributed by atoms with Gasteiger partial charge in [0.15, 0.2) is 5.75 Å². The molecular weight excluding hydrogens is 351 g/mol. The van der Waals surface area contributed by atoms with Gasteiger partial charge in [-0.15, -0.1) is 0 Å². The molecule has 0 fully saturated rings. The number of halogens is 2. The van der Waals surface area contributed by atoms with Gasteiger partial charge in [-0.2, -0.15) is 0 Å². The first-order valence-electron chi connectivity index (χ1n) is 7.19. The van der Waals surface area contributed by atoms with Gasteiger partial charge in [0.05, 0.1) is 17.2 Å². The SMILES string of the molecule is CCC(=O)Nc1ccc(NC(=O)c2cc(Cl)c(OC)c(Cl)c2)cc1. The van der Waals surface area contributed by atoms with Crippen molar-refractivity contribution in [2.24, 2.45) is 0 Å². The Bertz CT molecular complexity index is 738. The van der Waals surface area contributed by atoms with Crippen LogP contribution in [-0.2, 0) is 4.79 Å². The van der Waals surface area contributed by atoms with Crippen molar-refractivity contribution < 1.29 is 14.3 Å². The summed E-state index contributed by atoms with van der Waals surface area (Å²) in [6, 6.07) is 9.76. The first-order chi connectivity index (χ1) is 11.4. The number of rotatable bonds is 5. The average Bonchev–Trinajstić information content (AvgIpc) is 2.56. The first-order valence-corrected chi connectivity index (χ1v) is 7.94. The lowest BCUT2D eigenvalue weighted by atomic mass is 10.2. The molecule has 2 aromatic rings. The van der Waals surface area contributed by atoms with Gasteiger partial charge in [-0.05, 0) is 36.4 Å². The molecule has 7 heteroatoms. The minimum absolute atomic E-state index is 0.0747. The van der Waals surface area contributed by atoms with Gasteiger partial charge in [-0.25, -0.2) is 0 Å². The van der Waals surface area contributed by atoms with E-state index in [1.807, 2.05) is 0 Å². The fourth-order valence-electron chi connectivity index (χ4n) is 1.98. The summed E-state index contributed by atoms with van der Waals surface area (Å²) in [5.41, 5.74) is 1.56. The standard InChI is InChI=1S/C17H16Cl2N2O3/c1-3-15(22)20-11-4-6-12(7-5-11)21-17(23)10-8-13(18)16(24-2)14(19)9-10/h4-9H,3H2,1-2H3,(H,20,22)(H,21,23). The van der Waals surface area contributed by atoms with Crippen molar-refractivity contribution in [2.75, 3.05) is 17.7 Å². The van der Waals surface area contributed by atoms with E-state index >= 15 is 0 Å². The third kappa shape index (κ3) is 4.40. The molecule has 0 heterocycles. The summed E-state index contributed by atoms with van der Waals surface area (Å²) in [7, 11) is 1.45. The normalized spacial score (nSPS) is 10.2. The minimum Gasteiger partial charge on any atom is -0.494 e. The Morgan fingerprint density at radius 1 is 1.00 bits per heavy atom. The second-order valence-electron chi connectivity index (χ2n) is 4.91. The second-order valence-corrected chi connectivity index (χ2v) is 5.72. The van der Waals surface area contributed by atoms with E-state index in [9.17, 15) is 9.59 Å². The molecule has 0 saturated carbocycles. The molecule has 0 spiro atoms. The van der Waals surface area contributed by atoms with Gasteiger partial charge in [-0.3, -0.25) is 9.59 Å². The van der Waals surface area contributed by atoms with Crippen LogP contribution in [0.25, 0.3) is 0 Å². The first kappa shape index (κ1) is 18.1. The van der Waals surface area contributed by atoms with Crippen LogP contribution >= 0.6 is 23.2 Å². The Kier molecular flexibility index (Phi) is 6.06. The highest BCUT2D eigenvalue weighted by atomic mass is 35.5. The van der Waals surface area contributed by atoms with Crippen LogP contribution in [0, 0.1) is 0 Å². The summed E-state index contributed by atoms with van der Waals surface area (Å²) in [6.07, 6.45) is 0.400. The number of nitrogens with one attached hydrogen (secondary N) is 2. The van der Waals surface area contributed by atoms with E-state index in [2.05, 4.69) is 10.6 Å². The van der Waals surface area contributed by atoms with Crippen molar-refractivity contribution >= 4 is 46.4 Å². The summed E-state index contributed by atoms with van der Waals surface area (Å²) in [6.45, 7) is 1.77. The van der Waals surface area contributed by atoms with Crippen LogP contribution in [0.4, 0.5) is 11.4 Å². The van der Waals surface area contributed by atoms with E-state index in [0.717, 1.165) is 0 Å². The zero-order valence-corrected chi connectivity index (χ0v) is 14.7. The molecule has 0 unspecified atom stereocenters. The Morgan fingerprint density at radius 3 is 1.96 bits per heavy atom. The highest BCUT2D eigenvalue weighted by molar-refractivity contribution is 6.37. The van der Waals surface area contributed by atoms with Crippen LogP contribution in [0.1, 0.15) is 23.7 Å². The number of anilines is 2. The number of ether oxygens (including phenoxy) is 1. The van der Waals surface area contributed by atoms with Crippen molar-refractivity contribution in [2.45, 2.75) is 13.3 Å². The van der Waals surface area contributed by atoms with Crippen LogP contribution in [0.3, 0.4) is 0 Å². The van der Waals surface area contributed by atoms with E-state index in [4.69, 9.17) is 27.9 Å². The third-order valence-electron chi connectivity index (χ3n) is 3.21. The van der Waals surface area contributed by atoms with Gasteiger partial charge in [0, 0.05) is 23.4 Å². The van der Waals surface area contributed by atoms with Crippen molar-refractivity contribution in [3.63, 3.8) is 0 Å². The molecule has 0 bridgehead atoms. The highest BCUT2D eigenvalue weighted by Crippen LogP contribution is 2.34. The topological polar surface area (TPSA) is 67.4 Å². The maximum absolute atomic E-state index is 12.3. The lowest BCUT2D eigenvalue weighted by Crippen LogP contribution is -2.12. The molecule has 2 N–H and O–H groups in total. The monoisotopic (exact) mass is 366 g/mol. The summed E-state index contributed by atoms with van der Waals surface area (Å²) in [5.74, 6) is -0.105. The van der Waals surface area contributed by atoms with Crippen LogP contribution in [-0.4, -0.2) is 18.9 Å². The molecule has 2 aromatic carbocycles. The molecule has 0 aliphatic heterocycles. The van der Waals surface area contributed by atoms with Crippen LogP contribution in [0.2, 0.25) is 10.0 Å². The number of benzene rings is 2. The fraction of sp³-hybridized carbons (Fsp3) is 0.176. The van der Waals surface area contributed by atoms with Gasteiger partial charge < -0.3 is 15.4 Å². The molecule has 0 aliphatic rings. The number of amides is 2. The smallest absolute Gasteiger partial charge is 0.255 e. The number of hydrogen-bond acceptors (Lipinski definition) is 3. The maximum atomic E-state index is 12.3. The number of carbonyl (C=O) groups is 2. The summed E-state index contributed by atoms with van der Waals surface area (Å²) >= 11 is 12.1. The van der Waals surface area contributed by atoms with Crippen molar-refractivity contribution in [1.82, 2.24) is 0 Å². The molecule has 0 aliphatic carbocycles. The zero-order chi connectivity index (χ0) is 17.7. The van der Waals surface area contributed by atoms with E-state index in [-0.39, 0.29) is 21.9 Å². The molecule has 126 valence electrons. The number of methoxy groups -OCH3 is 1. The Morgan fingerprint density at radius 2 is 1.50 bits per heavy atom. The molecule has 0 aromatic heterocycles. The van der Waals surface area contributed by atoms with Crippen molar-refractivity contribution in [3.8, 4) is 5.75 Å². The summed E-state index contributed by atoms with van der Waals surface area (Å²) in [5, 5.41) is 5.98. The third-order valence-corrected chi connectivity index (χ3v) is 3.77. The molecule has 2 amide bonds. The van der Waals surface area contributed by atoms with E-state index in [1.165, 1.54) is 19.2 Å². The van der Waals surface area contributed by atoms with E-state index in [1.54, 1.807) is 31.2 Å². The molecular formula is C17H16Cl2N2O3. The minimum atomic E-state index is -0.355. The Labute approximate surface area is 149 Å². The van der Waals surface area contributed by atoms with Crippen molar-refractivity contribution in [3.05, 3.63) is 52.0 Å². The molecule has 5 nitrogen and oxygen atoms in total. The molecule has 2 rings (SSSR count). The van der Waals surface area contributed by atoms with E-state index < -0.39 is 0 Å². The predicted molar refractivity (Wildman–Crippen MR) is 96.3 cm³/mol. The number of hydrogen-bond donors (Lipinski definition) is 2. The quantitative estimate of drug-likeness (QED) is 0.812. The molecule has 0 atom stereocenters.